The minimum atomic E-state index is -0.123. The molecule has 0 aromatic carbocycles. The molecule has 2 aromatic rings. The van der Waals surface area contributed by atoms with Gasteiger partial charge in [-0.15, -0.1) is 0 Å². The minimum absolute atomic E-state index is 0.123. The lowest BCUT2D eigenvalue weighted by atomic mass is 9.97. The summed E-state index contributed by atoms with van der Waals surface area (Å²) in [5.74, 6) is 0.605. The molecule has 1 N–H and O–H groups in total. The number of aromatic nitrogens is 1. The summed E-state index contributed by atoms with van der Waals surface area (Å²) in [4.78, 5) is 18.9. The van der Waals surface area contributed by atoms with Crippen LogP contribution in [0.3, 0.4) is 0 Å². The van der Waals surface area contributed by atoms with Gasteiger partial charge >= 0.3 is 0 Å². The molecule has 21 heavy (non-hydrogen) atoms. The van der Waals surface area contributed by atoms with Gasteiger partial charge in [0.1, 0.15) is 5.69 Å². The standard InChI is InChI=1S/C15H16ClN3O2/c16-14-5-10-4-12(17-6-13(10)21-14)15(20)18-11-3-9-1-2-19(7-9)8-11/h4-6,9,11H,1-3,7-8H2,(H,18,20)/t9-,11-/m1/s1. The van der Waals surface area contributed by atoms with Crippen molar-refractivity contribution < 1.29 is 9.21 Å². The zero-order valence-corrected chi connectivity index (χ0v) is 12.3. The molecule has 2 aliphatic heterocycles. The molecule has 2 fully saturated rings. The Labute approximate surface area is 127 Å². The topological polar surface area (TPSA) is 58.4 Å². The average molecular weight is 306 g/mol. The highest BCUT2D eigenvalue weighted by molar-refractivity contribution is 6.29. The number of halogens is 1. The van der Waals surface area contributed by atoms with Crippen molar-refractivity contribution in [1.29, 1.82) is 0 Å². The number of nitrogens with zero attached hydrogens (tertiary/aromatic N) is 2. The summed E-state index contributed by atoms with van der Waals surface area (Å²) in [6.45, 7) is 3.29. The van der Waals surface area contributed by atoms with Gasteiger partial charge in [-0.25, -0.2) is 4.98 Å². The van der Waals surface area contributed by atoms with E-state index in [1.807, 2.05) is 0 Å². The van der Waals surface area contributed by atoms with E-state index < -0.39 is 0 Å². The van der Waals surface area contributed by atoms with Crippen LogP contribution < -0.4 is 5.32 Å². The summed E-state index contributed by atoms with van der Waals surface area (Å²) in [6, 6.07) is 3.64. The van der Waals surface area contributed by atoms with Crippen molar-refractivity contribution in [2.24, 2.45) is 5.92 Å². The van der Waals surface area contributed by atoms with Crippen LogP contribution in [0.5, 0.6) is 0 Å². The molecular weight excluding hydrogens is 290 g/mol. The van der Waals surface area contributed by atoms with Crippen LogP contribution in [0, 0.1) is 5.92 Å². The highest BCUT2D eigenvalue weighted by atomic mass is 35.5. The second-order valence-corrected chi connectivity index (χ2v) is 6.35. The first kappa shape index (κ1) is 13.1. The van der Waals surface area contributed by atoms with Gasteiger partial charge in [0.2, 0.25) is 0 Å². The summed E-state index contributed by atoms with van der Waals surface area (Å²) < 4.78 is 5.25. The van der Waals surface area contributed by atoms with E-state index in [0.717, 1.165) is 30.8 Å². The molecule has 2 aromatic heterocycles. The SMILES string of the molecule is O=C(N[C@@H]1C[C@H]2CCN(C2)C1)c1cc2cc(Cl)oc2cn1. The van der Waals surface area contributed by atoms with Crippen molar-refractivity contribution in [2.45, 2.75) is 18.9 Å². The minimum Gasteiger partial charge on any atom is -0.443 e. The third kappa shape index (κ3) is 2.51. The highest BCUT2D eigenvalue weighted by Crippen LogP contribution is 2.27. The van der Waals surface area contributed by atoms with Gasteiger partial charge in [-0.3, -0.25) is 4.79 Å². The van der Waals surface area contributed by atoms with Crippen LogP contribution >= 0.6 is 11.6 Å². The Kier molecular flexibility index (Phi) is 3.12. The van der Waals surface area contributed by atoms with Gasteiger partial charge in [-0.1, -0.05) is 0 Å². The number of rotatable bonds is 2. The number of piperidine rings is 1. The van der Waals surface area contributed by atoms with Gasteiger partial charge < -0.3 is 14.6 Å². The van der Waals surface area contributed by atoms with E-state index >= 15 is 0 Å². The Bertz CT molecular complexity index is 687. The molecular formula is C15H16ClN3O2. The van der Waals surface area contributed by atoms with Crippen LogP contribution in [0.25, 0.3) is 11.0 Å². The highest BCUT2D eigenvalue weighted by Gasteiger charge is 2.33. The van der Waals surface area contributed by atoms with Gasteiger partial charge in [0.25, 0.3) is 5.91 Å². The molecule has 4 heterocycles. The van der Waals surface area contributed by atoms with Gasteiger partial charge in [0.05, 0.1) is 6.20 Å². The molecule has 3 atom stereocenters. The first-order valence-electron chi connectivity index (χ1n) is 7.26. The number of pyridine rings is 1. The Balaban J connectivity index is 1.50. The third-order valence-electron chi connectivity index (χ3n) is 4.41. The number of carbonyl (C=O) groups is 1. The van der Waals surface area contributed by atoms with E-state index in [4.69, 9.17) is 16.0 Å². The van der Waals surface area contributed by atoms with Crippen LogP contribution in [0.2, 0.25) is 5.22 Å². The first-order chi connectivity index (χ1) is 10.2. The van der Waals surface area contributed by atoms with Crippen molar-refractivity contribution in [3.63, 3.8) is 0 Å². The van der Waals surface area contributed by atoms with E-state index in [-0.39, 0.29) is 11.9 Å². The molecule has 0 saturated carbocycles. The largest absolute Gasteiger partial charge is 0.443 e. The van der Waals surface area contributed by atoms with Crippen LogP contribution in [0.1, 0.15) is 23.3 Å². The Hall–Kier alpha value is -1.59. The monoisotopic (exact) mass is 305 g/mol. The van der Waals surface area contributed by atoms with E-state index in [1.54, 1.807) is 18.3 Å². The Morgan fingerprint density at radius 3 is 3.19 bits per heavy atom. The zero-order valence-electron chi connectivity index (χ0n) is 11.5. The van der Waals surface area contributed by atoms with Crippen molar-refractivity contribution >= 4 is 28.5 Å². The maximum atomic E-state index is 12.3. The van der Waals surface area contributed by atoms with Gasteiger partial charge in [-0.05, 0) is 43.0 Å². The number of hydrogen-bond acceptors (Lipinski definition) is 4. The van der Waals surface area contributed by atoms with Crippen molar-refractivity contribution in [3.8, 4) is 0 Å². The predicted molar refractivity (Wildman–Crippen MR) is 79.4 cm³/mol. The molecule has 5 nitrogen and oxygen atoms in total. The van der Waals surface area contributed by atoms with Crippen LogP contribution in [0.4, 0.5) is 0 Å². The van der Waals surface area contributed by atoms with E-state index in [0.29, 0.717) is 16.5 Å². The van der Waals surface area contributed by atoms with Crippen molar-refractivity contribution in [1.82, 2.24) is 15.2 Å². The maximum absolute atomic E-state index is 12.3. The van der Waals surface area contributed by atoms with E-state index in [2.05, 4.69) is 15.2 Å². The molecule has 6 heteroatoms. The molecule has 2 bridgehead atoms. The number of nitrogens with one attached hydrogen (secondary N) is 1. The predicted octanol–water partition coefficient (Wildman–Crippen LogP) is 2.31. The summed E-state index contributed by atoms with van der Waals surface area (Å²) >= 11 is 5.81. The van der Waals surface area contributed by atoms with Crippen LogP contribution in [0.15, 0.2) is 22.7 Å². The zero-order chi connectivity index (χ0) is 14.4. The van der Waals surface area contributed by atoms with E-state index in [1.165, 1.54) is 13.0 Å². The van der Waals surface area contributed by atoms with Crippen LogP contribution in [-0.2, 0) is 0 Å². The number of fused-ring (bicyclic) bond motifs is 3. The molecule has 0 radical (unpaired) electrons. The second-order valence-electron chi connectivity index (χ2n) is 5.98. The fourth-order valence-corrected chi connectivity index (χ4v) is 3.66. The molecule has 1 unspecified atom stereocenters. The second kappa shape index (κ2) is 5.00. The molecule has 1 amide bonds. The molecule has 0 aliphatic carbocycles. The lowest BCUT2D eigenvalue weighted by Gasteiger charge is -2.30. The Morgan fingerprint density at radius 1 is 1.43 bits per heavy atom. The lowest BCUT2D eigenvalue weighted by molar-refractivity contribution is 0.0904. The van der Waals surface area contributed by atoms with E-state index in [9.17, 15) is 4.79 Å². The summed E-state index contributed by atoms with van der Waals surface area (Å²) in [5, 5.41) is 4.21. The van der Waals surface area contributed by atoms with Crippen LogP contribution in [-0.4, -0.2) is 41.5 Å². The number of carbonyl (C=O) groups excluding carboxylic acids is 1. The molecule has 0 spiro atoms. The quantitative estimate of drug-likeness (QED) is 0.925. The van der Waals surface area contributed by atoms with Gasteiger partial charge in [0.15, 0.2) is 10.8 Å². The van der Waals surface area contributed by atoms with Crippen molar-refractivity contribution in [2.75, 3.05) is 19.6 Å². The lowest BCUT2D eigenvalue weighted by Crippen LogP contribution is -2.47. The summed E-state index contributed by atoms with van der Waals surface area (Å²) in [7, 11) is 0. The molecule has 2 saturated heterocycles. The fraction of sp³-hybridized carbons (Fsp3) is 0.467. The smallest absolute Gasteiger partial charge is 0.270 e. The fourth-order valence-electron chi connectivity index (χ4n) is 3.46. The number of amides is 1. The maximum Gasteiger partial charge on any atom is 0.270 e. The number of furan rings is 1. The molecule has 110 valence electrons. The normalized spacial score (nSPS) is 28.0. The molecule has 2 aliphatic rings. The van der Waals surface area contributed by atoms with Gasteiger partial charge in [0, 0.05) is 30.6 Å². The number of hydrogen-bond donors (Lipinski definition) is 1. The summed E-state index contributed by atoms with van der Waals surface area (Å²) in [5.41, 5.74) is 1.01. The Morgan fingerprint density at radius 2 is 2.33 bits per heavy atom. The molecule has 4 rings (SSSR count). The third-order valence-corrected chi connectivity index (χ3v) is 4.59. The summed E-state index contributed by atoms with van der Waals surface area (Å²) in [6.07, 6.45) is 3.87. The van der Waals surface area contributed by atoms with Crippen molar-refractivity contribution in [3.05, 3.63) is 29.2 Å². The average Bonchev–Trinajstić information content (AvgIpc) is 2.99. The van der Waals surface area contributed by atoms with Gasteiger partial charge in [-0.2, -0.15) is 0 Å². The first-order valence-corrected chi connectivity index (χ1v) is 7.63.